The van der Waals surface area contributed by atoms with Crippen LogP contribution < -0.4 is 21.3 Å². The van der Waals surface area contributed by atoms with E-state index < -0.39 is 0 Å². The van der Waals surface area contributed by atoms with E-state index in [1.54, 1.807) is 12.3 Å². The first kappa shape index (κ1) is 24.2. The SMILES string of the molecule is Nc1nccc2cc(CNC(=O)c3cc(Cl)c(CNCc4ccc(N5CCCC5=O)cc4)s3)ccc12. The Hall–Kier alpha value is -3.46. The highest BCUT2D eigenvalue weighted by molar-refractivity contribution is 7.14. The summed E-state index contributed by atoms with van der Waals surface area (Å²) in [6, 6.07) is 17.5. The second-order valence-electron chi connectivity index (χ2n) is 8.74. The third kappa shape index (κ3) is 5.36. The molecule has 7 nitrogen and oxygen atoms in total. The molecule has 0 radical (unpaired) electrons. The predicted octanol–water partition coefficient (Wildman–Crippen LogP) is 4.88. The molecular weight excluding hydrogens is 494 g/mol. The molecule has 1 fully saturated rings. The van der Waals surface area contributed by atoms with Crippen molar-refractivity contribution < 1.29 is 9.59 Å². The first-order chi connectivity index (χ1) is 17.5. The summed E-state index contributed by atoms with van der Waals surface area (Å²) >= 11 is 7.80. The van der Waals surface area contributed by atoms with Gasteiger partial charge in [-0.15, -0.1) is 11.3 Å². The number of fused-ring (bicyclic) bond motifs is 1. The van der Waals surface area contributed by atoms with Crippen molar-refractivity contribution in [1.29, 1.82) is 0 Å². The smallest absolute Gasteiger partial charge is 0.261 e. The fourth-order valence-corrected chi connectivity index (χ4v) is 5.60. The molecule has 0 atom stereocenters. The van der Waals surface area contributed by atoms with Gasteiger partial charge in [-0.3, -0.25) is 9.59 Å². The molecule has 4 N–H and O–H groups in total. The standard InChI is InChI=1S/C27H26ClN5O2S/c28-22-13-23(27(35)32-15-18-5-8-21-19(12-18)9-10-31-26(21)29)36-24(22)16-30-14-17-3-6-20(7-4-17)33-11-1-2-25(33)34/h3-10,12-13,30H,1-2,11,14-16H2,(H2,29,31)(H,32,35). The van der Waals surface area contributed by atoms with Crippen molar-refractivity contribution in [1.82, 2.24) is 15.6 Å². The summed E-state index contributed by atoms with van der Waals surface area (Å²) in [5.41, 5.74) is 8.95. The zero-order chi connectivity index (χ0) is 25.1. The van der Waals surface area contributed by atoms with Gasteiger partial charge in [0.25, 0.3) is 5.91 Å². The van der Waals surface area contributed by atoms with Crippen LogP contribution in [0.1, 0.15) is 38.5 Å². The molecule has 2 aromatic carbocycles. The second kappa shape index (κ2) is 10.7. The van der Waals surface area contributed by atoms with Crippen molar-refractivity contribution >= 4 is 57.0 Å². The number of thiophene rings is 1. The second-order valence-corrected chi connectivity index (χ2v) is 10.3. The molecular formula is C27H26ClN5O2S. The summed E-state index contributed by atoms with van der Waals surface area (Å²) in [7, 11) is 0. The Balaban J connectivity index is 1.14. The molecule has 3 heterocycles. The quantitative estimate of drug-likeness (QED) is 0.308. The van der Waals surface area contributed by atoms with Gasteiger partial charge >= 0.3 is 0 Å². The van der Waals surface area contributed by atoms with Crippen LogP contribution in [0.4, 0.5) is 11.5 Å². The monoisotopic (exact) mass is 519 g/mol. The van der Waals surface area contributed by atoms with Crippen LogP contribution in [0.25, 0.3) is 10.8 Å². The average molecular weight is 520 g/mol. The zero-order valence-corrected chi connectivity index (χ0v) is 21.2. The number of nitrogens with two attached hydrogens (primary N) is 1. The van der Waals surface area contributed by atoms with Crippen molar-refractivity contribution in [2.75, 3.05) is 17.2 Å². The van der Waals surface area contributed by atoms with E-state index in [4.69, 9.17) is 17.3 Å². The molecule has 1 aliphatic rings. The lowest BCUT2D eigenvalue weighted by Gasteiger charge is -2.16. The zero-order valence-electron chi connectivity index (χ0n) is 19.6. The lowest BCUT2D eigenvalue weighted by molar-refractivity contribution is -0.117. The van der Waals surface area contributed by atoms with Gasteiger partial charge in [0.2, 0.25) is 5.91 Å². The summed E-state index contributed by atoms with van der Waals surface area (Å²) in [5, 5.41) is 8.81. The van der Waals surface area contributed by atoms with Gasteiger partial charge in [-0.05, 0) is 53.3 Å². The van der Waals surface area contributed by atoms with Crippen molar-refractivity contribution in [2.24, 2.45) is 0 Å². The lowest BCUT2D eigenvalue weighted by Crippen LogP contribution is -2.23. The van der Waals surface area contributed by atoms with E-state index in [2.05, 4.69) is 15.6 Å². The van der Waals surface area contributed by atoms with E-state index >= 15 is 0 Å². The third-order valence-electron chi connectivity index (χ3n) is 6.23. The number of hydrogen-bond acceptors (Lipinski definition) is 6. The normalized spacial score (nSPS) is 13.5. The number of benzene rings is 2. The Kier molecular flexibility index (Phi) is 7.18. The minimum absolute atomic E-state index is 0.158. The van der Waals surface area contributed by atoms with Gasteiger partial charge in [0.15, 0.2) is 0 Å². The Bertz CT molecular complexity index is 1420. The van der Waals surface area contributed by atoms with Gasteiger partial charge < -0.3 is 21.3 Å². The number of hydrogen-bond donors (Lipinski definition) is 3. The molecule has 184 valence electrons. The minimum atomic E-state index is -0.158. The fourth-order valence-electron chi connectivity index (χ4n) is 4.30. The molecule has 2 amide bonds. The van der Waals surface area contributed by atoms with Crippen molar-refractivity contribution in [2.45, 2.75) is 32.5 Å². The Morgan fingerprint density at radius 3 is 2.64 bits per heavy atom. The molecule has 4 aromatic rings. The summed E-state index contributed by atoms with van der Waals surface area (Å²) < 4.78 is 0. The number of nitrogens with zero attached hydrogens (tertiary/aromatic N) is 2. The van der Waals surface area contributed by atoms with Crippen LogP contribution in [-0.4, -0.2) is 23.3 Å². The van der Waals surface area contributed by atoms with E-state index in [1.807, 2.05) is 53.4 Å². The molecule has 2 aromatic heterocycles. The summed E-state index contributed by atoms with van der Waals surface area (Å²) in [4.78, 5) is 32.1. The largest absolute Gasteiger partial charge is 0.383 e. The number of nitrogens with one attached hydrogen (secondary N) is 2. The van der Waals surface area contributed by atoms with Gasteiger partial charge in [-0.25, -0.2) is 4.98 Å². The first-order valence-corrected chi connectivity index (χ1v) is 13.0. The van der Waals surface area contributed by atoms with Gasteiger partial charge in [0.1, 0.15) is 5.82 Å². The Labute approximate surface area is 218 Å². The molecule has 0 bridgehead atoms. The predicted molar refractivity (Wildman–Crippen MR) is 145 cm³/mol. The topological polar surface area (TPSA) is 100 Å². The minimum Gasteiger partial charge on any atom is -0.383 e. The van der Waals surface area contributed by atoms with E-state index in [1.165, 1.54) is 11.3 Å². The molecule has 1 aliphatic heterocycles. The van der Waals surface area contributed by atoms with Gasteiger partial charge in [-0.1, -0.05) is 35.9 Å². The molecule has 9 heteroatoms. The first-order valence-electron chi connectivity index (χ1n) is 11.8. The molecule has 5 rings (SSSR count). The highest BCUT2D eigenvalue weighted by Crippen LogP contribution is 2.27. The number of rotatable bonds is 8. The van der Waals surface area contributed by atoms with Gasteiger partial charge in [0, 0.05) is 54.7 Å². The molecule has 1 saturated heterocycles. The van der Waals surface area contributed by atoms with E-state index in [0.29, 0.717) is 41.8 Å². The molecule has 0 spiro atoms. The number of amides is 2. The van der Waals surface area contributed by atoms with E-state index in [0.717, 1.165) is 45.4 Å². The number of anilines is 2. The summed E-state index contributed by atoms with van der Waals surface area (Å²) in [6.45, 7) is 2.41. The Morgan fingerprint density at radius 1 is 1.06 bits per heavy atom. The number of nitrogen functional groups attached to an aromatic ring is 1. The summed E-state index contributed by atoms with van der Waals surface area (Å²) in [6.07, 6.45) is 3.22. The highest BCUT2D eigenvalue weighted by Gasteiger charge is 2.21. The van der Waals surface area contributed by atoms with Crippen molar-refractivity contribution in [3.05, 3.63) is 86.7 Å². The molecule has 0 aliphatic carbocycles. The fraction of sp³-hybridized carbons (Fsp3) is 0.222. The number of pyridine rings is 1. The number of carbonyl (C=O) groups is 2. The maximum absolute atomic E-state index is 12.7. The van der Waals surface area contributed by atoms with Crippen LogP contribution in [-0.2, 0) is 24.4 Å². The molecule has 0 saturated carbocycles. The highest BCUT2D eigenvalue weighted by atomic mass is 35.5. The Morgan fingerprint density at radius 2 is 1.86 bits per heavy atom. The van der Waals surface area contributed by atoms with Crippen LogP contribution in [0, 0.1) is 0 Å². The van der Waals surface area contributed by atoms with Crippen LogP contribution in [0.2, 0.25) is 5.02 Å². The van der Waals surface area contributed by atoms with E-state index in [-0.39, 0.29) is 11.8 Å². The lowest BCUT2D eigenvalue weighted by atomic mass is 10.1. The molecule has 36 heavy (non-hydrogen) atoms. The number of carbonyl (C=O) groups excluding carboxylic acids is 2. The van der Waals surface area contributed by atoms with Crippen LogP contribution in [0.3, 0.4) is 0 Å². The maximum atomic E-state index is 12.7. The number of aromatic nitrogens is 1. The number of halogens is 1. The van der Waals surface area contributed by atoms with Crippen LogP contribution in [0.5, 0.6) is 0 Å². The summed E-state index contributed by atoms with van der Waals surface area (Å²) in [5.74, 6) is 0.524. The van der Waals surface area contributed by atoms with Crippen molar-refractivity contribution in [3.63, 3.8) is 0 Å². The molecule has 0 unspecified atom stereocenters. The van der Waals surface area contributed by atoms with Crippen LogP contribution >= 0.6 is 22.9 Å². The average Bonchev–Trinajstić information content (AvgIpc) is 3.48. The van der Waals surface area contributed by atoms with Crippen LogP contribution in [0.15, 0.2) is 60.8 Å². The maximum Gasteiger partial charge on any atom is 0.261 e. The van der Waals surface area contributed by atoms with E-state index in [9.17, 15) is 9.59 Å². The van der Waals surface area contributed by atoms with Gasteiger partial charge in [0.05, 0.1) is 9.90 Å². The van der Waals surface area contributed by atoms with Crippen molar-refractivity contribution in [3.8, 4) is 0 Å². The van der Waals surface area contributed by atoms with Gasteiger partial charge in [-0.2, -0.15) is 0 Å². The third-order valence-corrected chi connectivity index (χ3v) is 7.81.